The molecule has 0 aromatic carbocycles. The summed E-state index contributed by atoms with van der Waals surface area (Å²) in [5.74, 6) is 1.23. The molecule has 6 heteroatoms. The van der Waals surface area contributed by atoms with Crippen LogP contribution >= 0.6 is 11.3 Å². The molecule has 2 amide bonds. The zero-order valence-electron chi connectivity index (χ0n) is 14.3. The monoisotopic (exact) mass is 347 g/mol. The number of rotatable bonds is 5. The summed E-state index contributed by atoms with van der Waals surface area (Å²) in [5, 5.41) is 9.21. The molecule has 2 aromatic rings. The van der Waals surface area contributed by atoms with Gasteiger partial charge in [-0.1, -0.05) is 30.5 Å². The lowest BCUT2D eigenvalue weighted by Gasteiger charge is -2.31. The number of hydrogen-bond acceptors (Lipinski definition) is 4. The van der Waals surface area contributed by atoms with Gasteiger partial charge in [-0.05, 0) is 37.1 Å². The zero-order chi connectivity index (χ0) is 16.9. The first-order valence-electron chi connectivity index (χ1n) is 8.60. The molecule has 0 saturated heterocycles. The molecule has 0 radical (unpaired) electrons. The van der Waals surface area contributed by atoms with Gasteiger partial charge in [-0.25, -0.2) is 4.79 Å². The number of thiophene rings is 1. The highest BCUT2D eigenvalue weighted by Gasteiger charge is 2.28. The van der Waals surface area contributed by atoms with E-state index in [-0.39, 0.29) is 12.1 Å². The highest BCUT2D eigenvalue weighted by Crippen LogP contribution is 2.36. The van der Waals surface area contributed by atoms with Crippen LogP contribution in [-0.4, -0.2) is 23.1 Å². The Bertz CT molecular complexity index is 647. The van der Waals surface area contributed by atoms with Crippen LogP contribution in [-0.2, 0) is 6.54 Å². The van der Waals surface area contributed by atoms with Crippen molar-refractivity contribution < 1.29 is 9.32 Å². The Hall–Kier alpha value is -1.82. The molecule has 0 bridgehead atoms. The van der Waals surface area contributed by atoms with Crippen LogP contribution in [0.4, 0.5) is 4.79 Å². The first-order chi connectivity index (χ1) is 11.6. The lowest BCUT2D eigenvalue weighted by atomic mass is 9.83. The minimum absolute atomic E-state index is 0.0620. The van der Waals surface area contributed by atoms with Crippen LogP contribution in [0, 0.1) is 12.8 Å². The lowest BCUT2D eigenvalue weighted by molar-refractivity contribution is 0.186. The van der Waals surface area contributed by atoms with Crippen molar-refractivity contribution in [3.63, 3.8) is 0 Å². The maximum Gasteiger partial charge on any atom is 0.318 e. The molecule has 3 rings (SSSR count). The minimum atomic E-state index is -0.0620. The Morgan fingerprint density at radius 2 is 2.25 bits per heavy atom. The van der Waals surface area contributed by atoms with Crippen LogP contribution in [0.25, 0.3) is 0 Å². The molecule has 1 aliphatic carbocycles. The van der Waals surface area contributed by atoms with E-state index < -0.39 is 0 Å². The summed E-state index contributed by atoms with van der Waals surface area (Å²) in [7, 11) is 1.79. The second-order valence-electron chi connectivity index (χ2n) is 6.63. The molecule has 5 nitrogen and oxygen atoms in total. The SMILES string of the molecule is Cc1cc(CN(C)C(=O)N[C@@H](c2cccs2)C2CCCCC2)on1. The fourth-order valence-electron chi connectivity index (χ4n) is 3.40. The molecular weight excluding hydrogens is 322 g/mol. The highest BCUT2D eigenvalue weighted by molar-refractivity contribution is 7.10. The fourth-order valence-corrected chi connectivity index (χ4v) is 4.27. The predicted octanol–water partition coefficient (Wildman–Crippen LogP) is 4.51. The summed E-state index contributed by atoms with van der Waals surface area (Å²) in [5.41, 5.74) is 0.831. The van der Waals surface area contributed by atoms with Gasteiger partial charge in [0, 0.05) is 18.0 Å². The van der Waals surface area contributed by atoms with Gasteiger partial charge in [0.25, 0.3) is 0 Å². The fraction of sp³-hybridized carbons (Fsp3) is 0.556. The molecular formula is C18H25N3O2S. The van der Waals surface area contributed by atoms with Gasteiger partial charge in [0.2, 0.25) is 0 Å². The summed E-state index contributed by atoms with van der Waals surface area (Å²) in [6.07, 6.45) is 6.21. The van der Waals surface area contributed by atoms with Crippen LogP contribution in [0.2, 0.25) is 0 Å². The molecule has 0 aliphatic heterocycles. The Morgan fingerprint density at radius 3 is 2.88 bits per heavy atom. The highest BCUT2D eigenvalue weighted by atomic mass is 32.1. The van der Waals surface area contributed by atoms with Crippen molar-refractivity contribution in [2.24, 2.45) is 5.92 Å². The number of carbonyl (C=O) groups excluding carboxylic acids is 1. The van der Waals surface area contributed by atoms with E-state index in [9.17, 15) is 4.79 Å². The summed E-state index contributed by atoms with van der Waals surface area (Å²) >= 11 is 1.72. The molecule has 1 atom stereocenters. The number of urea groups is 1. The van der Waals surface area contributed by atoms with E-state index >= 15 is 0 Å². The van der Waals surface area contributed by atoms with Crippen LogP contribution < -0.4 is 5.32 Å². The summed E-state index contributed by atoms with van der Waals surface area (Å²) in [6.45, 7) is 2.30. The van der Waals surface area contributed by atoms with Crippen molar-refractivity contribution in [1.29, 1.82) is 0 Å². The summed E-state index contributed by atoms with van der Waals surface area (Å²) < 4.78 is 5.21. The third-order valence-electron chi connectivity index (χ3n) is 4.67. The van der Waals surface area contributed by atoms with E-state index in [4.69, 9.17) is 4.52 Å². The van der Waals surface area contributed by atoms with Gasteiger partial charge >= 0.3 is 6.03 Å². The van der Waals surface area contributed by atoms with Crippen molar-refractivity contribution in [3.8, 4) is 0 Å². The Balaban J connectivity index is 1.66. The van der Waals surface area contributed by atoms with E-state index in [1.807, 2.05) is 13.0 Å². The molecule has 1 aliphatic rings. The number of carbonyl (C=O) groups is 1. The van der Waals surface area contributed by atoms with E-state index in [1.54, 1.807) is 23.3 Å². The number of amides is 2. The normalized spacial score (nSPS) is 16.8. The van der Waals surface area contributed by atoms with Gasteiger partial charge in [0.05, 0.1) is 18.3 Å². The number of hydrogen-bond donors (Lipinski definition) is 1. The van der Waals surface area contributed by atoms with Crippen molar-refractivity contribution in [1.82, 2.24) is 15.4 Å². The first kappa shape index (κ1) is 17.0. The summed E-state index contributed by atoms with van der Waals surface area (Å²) in [4.78, 5) is 15.6. The van der Waals surface area contributed by atoms with E-state index in [2.05, 4.69) is 28.0 Å². The standard InChI is InChI=1S/C18H25N3O2S/c1-13-11-15(23-20-13)12-21(2)18(22)19-17(16-9-6-10-24-16)14-7-4-3-5-8-14/h6,9-11,14,17H,3-5,7-8,12H2,1-2H3,(H,19,22)/t17-/m1/s1. The quantitative estimate of drug-likeness (QED) is 0.866. The van der Waals surface area contributed by atoms with Crippen molar-refractivity contribution >= 4 is 17.4 Å². The molecule has 0 unspecified atom stereocenters. The predicted molar refractivity (Wildman–Crippen MR) is 94.9 cm³/mol. The van der Waals surface area contributed by atoms with Crippen LogP contribution in [0.3, 0.4) is 0 Å². The Morgan fingerprint density at radius 1 is 1.46 bits per heavy atom. The van der Waals surface area contributed by atoms with Crippen LogP contribution in [0.1, 0.15) is 54.5 Å². The number of aromatic nitrogens is 1. The minimum Gasteiger partial charge on any atom is -0.359 e. The van der Waals surface area contributed by atoms with Gasteiger partial charge in [-0.2, -0.15) is 0 Å². The van der Waals surface area contributed by atoms with Crippen molar-refractivity contribution in [2.45, 2.75) is 51.6 Å². The molecule has 0 spiro atoms. The molecule has 1 N–H and O–H groups in total. The van der Waals surface area contributed by atoms with Gasteiger partial charge < -0.3 is 14.7 Å². The maximum absolute atomic E-state index is 12.7. The smallest absolute Gasteiger partial charge is 0.318 e. The molecule has 2 aromatic heterocycles. The number of aryl methyl sites for hydroxylation is 1. The van der Waals surface area contributed by atoms with E-state index in [0.29, 0.717) is 18.2 Å². The molecule has 2 heterocycles. The van der Waals surface area contributed by atoms with Gasteiger partial charge in [0.15, 0.2) is 5.76 Å². The Labute approximate surface area is 147 Å². The van der Waals surface area contributed by atoms with Crippen molar-refractivity contribution in [3.05, 3.63) is 39.9 Å². The van der Waals surface area contributed by atoms with E-state index in [1.165, 1.54) is 37.0 Å². The third-order valence-corrected chi connectivity index (χ3v) is 5.62. The zero-order valence-corrected chi connectivity index (χ0v) is 15.1. The van der Waals surface area contributed by atoms with Crippen LogP contribution in [0.15, 0.2) is 28.1 Å². The first-order valence-corrected chi connectivity index (χ1v) is 9.48. The van der Waals surface area contributed by atoms with E-state index in [0.717, 1.165) is 5.69 Å². The third kappa shape index (κ3) is 4.17. The maximum atomic E-state index is 12.7. The largest absolute Gasteiger partial charge is 0.359 e. The second-order valence-corrected chi connectivity index (χ2v) is 7.61. The van der Waals surface area contributed by atoms with Crippen molar-refractivity contribution in [2.75, 3.05) is 7.05 Å². The topological polar surface area (TPSA) is 58.4 Å². The average Bonchev–Trinajstić information content (AvgIpc) is 3.25. The number of nitrogens with one attached hydrogen (secondary N) is 1. The molecule has 130 valence electrons. The van der Waals surface area contributed by atoms with Gasteiger partial charge in [0.1, 0.15) is 0 Å². The average molecular weight is 347 g/mol. The lowest BCUT2D eigenvalue weighted by Crippen LogP contribution is -2.41. The molecule has 24 heavy (non-hydrogen) atoms. The second kappa shape index (κ2) is 7.83. The summed E-state index contributed by atoms with van der Waals surface area (Å²) in [6, 6.07) is 6.10. The molecule has 1 saturated carbocycles. The van der Waals surface area contributed by atoms with Crippen LogP contribution in [0.5, 0.6) is 0 Å². The van der Waals surface area contributed by atoms with Gasteiger partial charge in [-0.3, -0.25) is 0 Å². The van der Waals surface area contributed by atoms with Gasteiger partial charge in [-0.15, -0.1) is 11.3 Å². The number of nitrogens with zero attached hydrogens (tertiary/aromatic N) is 2. The molecule has 1 fully saturated rings. The Kier molecular flexibility index (Phi) is 5.56.